The Kier molecular flexibility index (Phi) is 3.32. The molecule has 0 bridgehead atoms. The largest absolute Gasteiger partial charge is 0.353 e. The molecular formula is C11H14N4O2. The minimum absolute atomic E-state index is 0.0888. The fourth-order valence-corrected chi connectivity index (χ4v) is 1.95. The van der Waals surface area contributed by atoms with Crippen LogP contribution in [0.5, 0.6) is 0 Å². The van der Waals surface area contributed by atoms with E-state index in [-0.39, 0.29) is 17.9 Å². The molecule has 0 radical (unpaired) electrons. The molecule has 1 fully saturated rings. The summed E-state index contributed by atoms with van der Waals surface area (Å²) in [5, 5.41) is 10.1. The van der Waals surface area contributed by atoms with E-state index in [0.29, 0.717) is 25.1 Å². The number of carbonyl (C=O) groups excluding carboxylic acids is 2. The van der Waals surface area contributed by atoms with Gasteiger partial charge in [0.1, 0.15) is 6.04 Å². The summed E-state index contributed by atoms with van der Waals surface area (Å²) in [6.07, 6.45) is 3.50. The summed E-state index contributed by atoms with van der Waals surface area (Å²) in [6, 6.07) is 1.22. The summed E-state index contributed by atoms with van der Waals surface area (Å²) in [5.41, 5.74) is 0.466. The van der Waals surface area contributed by atoms with Gasteiger partial charge >= 0.3 is 0 Å². The van der Waals surface area contributed by atoms with Gasteiger partial charge in [-0.2, -0.15) is 10.2 Å². The third-order valence-corrected chi connectivity index (χ3v) is 2.81. The number of amides is 2. The first kappa shape index (κ1) is 11.5. The molecule has 1 aromatic heterocycles. The zero-order valence-electron chi connectivity index (χ0n) is 9.59. The van der Waals surface area contributed by atoms with Gasteiger partial charge in [-0.05, 0) is 12.5 Å². The van der Waals surface area contributed by atoms with Crippen molar-refractivity contribution < 1.29 is 9.59 Å². The minimum Gasteiger partial charge on any atom is -0.353 e. The second kappa shape index (κ2) is 4.90. The molecular weight excluding hydrogens is 220 g/mol. The third-order valence-electron chi connectivity index (χ3n) is 2.81. The van der Waals surface area contributed by atoms with Crippen molar-refractivity contribution >= 4 is 11.8 Å². The van der Waals surface area contributed by atoms with Crippen molar-refractivity contribution in [2.24, 2.45) is 0 Å². The van der Waals surface area contributed by atoms with Crippen LogP contribution in [0.25, 0.3) is 0 Å². The van der Waals surface area contributed by atoms with Crippen molar-refractivity contribution in [3.8, 4) is 0 Å². The Morgan fingerprint density at radius 1 is 1.59 bits per heavy atom. The molecule has 0 aromatic carbocycles. The molecule has 0 spiro atoms. The molecule has 1 N–H and O–H groups in total. The van der Waals surface area contributed by atoms with Crippen molar-refractivity contribution in [2.75, 3.05) is 13.1 Å². The molecule has 1 aliphatic heterocycles. The molecule has 90 valence electrons. The number of hydrogen-bond donors (Lipinski definition) is 1. The van der Waals surface area contributed by atoms with Crippen LogP contribution in [0.3, 0.4) is 0 Å². The van der Waals surface area contributed by atoms with Crippen LogP contribution in [-0.4, -0.2) is 46.0 Å². The monoisotopic (exact) mass is 234 g/mol. The quantitative estimate of drug-likeness (QED) is 0.770. The summed E-state index contributed by atoms with van der Waals surface area (Å²) < 4.78 is 0. The average Bonchev–Trinajstić information content (AvgIpc) is 2.38. The lowest BCUT2D eigenvalue weighted by molar-refractivity contribution is -0.127. The molecule has 1 saturated heterocycles. The highest BCUT2D eigenvalue weighted by atomic mass is 16.2. The van der Waals surface area contributed by atoms with E-state index in [2.05, 4.69) is 15.5 Å². The molecule has 2 amide bonds. The Balaban J connectivity index is 2.21. The van der Waals surface area contributed by atoms with E-state index in [9.17, 15) is 9.59 Å². The molecule has 1 atom stereocenters. The molecule has 1 aliphatic rings. The Morgan fingerprint density at radius 2 is 2.41 bits per heavy atom. The highest BCUT2D eigenvalue weighted by Crippen LogP contribution is 2.12. The molecule has 1 aromatic rings. The number of aromatic nitrogens is 2. The van der Waals surface area contributed by atoms with Crippen LogP contribution in [0.15, 0.2) is 18.5 Å². The smallest absolute Gasteiger partial charge is 0.256 e. The van der Waals surface area contributed by atoms with Crippen molar-refractivity contribution in [3.63, 3.8) is 0 Å². The second-order valence-corrected chi connectivity index (χ2v) is 3.84. The summed E-state index contributed by atoms with van der Waals surface area (Å²) in [5.74, 6) is -0.254. The van der Waals surface area contributed by atoms with Gasteiger partial charge in [0, 0.05) is 13.1 Å². The normalized spacial score (nSPS) is 19.9. The summed E-state index contributed by atoms with van der Waals surface area (Å²) in [6.45, 7) is 2.92. The highest BCUT2D eigenvalue weighted by Gasteiger charge is 2.32. The topological polar surface area (TPSA) is 75.2 Å². The lowest BCUT2D eigenvalue weighted by Crippen LogP contribution is -2.56. The van der Waals surface area contributed by atoms with Crippen molar-refractivity contribution in [3.05, 3.63) is 24.0 Å². The van der Waals surface area contributed by atoms with Crippen LogP contribution >= 0.6 is 0 Å². The van der Waals surface area contributed by atoms with Gasteiger partial charge in [0.15, 0.2) is 0 Å². The number of nitrogens with zero attached hydrogens (tertiary/aromatic N) is 3. The van der Waals surface area contributed by atoms with Gasteiger partial charge in [0.05, 0.1) is 18.0 Å². The third kappa shape index (κ3) is 2.25. The van der Waals surface area contributed by atoms with Gasteiger partial charge in [-0.25, -0.2) is 0 Å². The molecule has 6 nitrogen and oxygen atoms in total. The molecule has 17 heavy (non-hydrogen) atoms. The van der Waals surface area contributed by atoms with Gasteiger partial charge < -0.3 is 10.2 Å². The van der Waals surface area contributed by atoms with Crippen LogP contribution in [0, 0.1) is 0 Å². The van der Waals surface area contributed by atoms with E-state index in [1.165, 1.54) is 12.4 Å². The van der Waals surface area contributed by atoms with Gasteiger partial charge in [0.2, 0.25) is 5.91 Å². The van der Waals surface area contributed by atoms with Crippen LogP contribution < -0.4 is 5.32 Å². The molecule has 6 heteroatoms. The number of piperazine rings is 1. The van der Waals surface area contributed by atoms with E-state index in [4.69, 9.17) is 0 Å². The van der Waals surface area contributed by atoms with Crippen molar-refractivity contribution in [2.45, 2.75) is 19.4 Å². The molecule has 0 aliphatic carbocycles. The Morgan fingerprint density at radius 3 is 3.06 bits per heavy atom. The van der Waals surface area contributed by atoms with Crippen LogP contribution in [0.2, 0.25) is 0 Å². The van der Waals surface area contributed by atoms with Crippen LogP contribution in [-0.2, 0) is 4.79 Å². The Bertz CT molecular complexity index is 421. The molecule has 0 saturated carbocycles. The Hall–Kier alpha value is -1.98. The van der Waals surface area contributed by atoms with Crippen LogP contribution in [0.4, 0.5) is 0 Å². The highest BCUT2D eigenvalue weighted by molar-refractivity contribution is 5.97. The maximum atomic E-state index is 12.2. The van der Waals surface area contributed by atoms with Crippen molar-refractivity contribution in [1.29, 1.82) is 0 Å². The number of carbonyl (C=O) groups is 2. The maximum absolute atomic E-state index is 12.2. The summed E-state index contributed by atoms with van der Waals surface area (Å²) >= 11 is 0. The molecule has 2 heterocycles. The number of hydrogen-bond acceptors (Lipinski definition) is 4. The minimum atomic E-state index is -0.385. The first-order valence-corrected chi connectivity index (χ1v) is 5.59. The predicted molar refractivity (Wildman–Crippen MR) is 60.2 cm³/mol. The molecule has 2 rings (SSSR count). The second-order valence-electron chi connectivity index (χ2n) is 3.84. The first-order chi connectivity index (χ1) is 8.24. The van der Waals surface area contributed by atoms with E-state index in [1.807, 2.05) is 6.92 Å². The number of nitrogens with one attached hydrogen (secondary N) is 1. The fraction of sp³-hybridized carbons (Fsp3) is 0.455. The van der Waals surface area contributed by atoms with E-state index >= 15 is 0 Å². The average molecular weight is 234 g/mol. The standard InChI is InChI=1S/C11H14N4O2/c1-2-9-10(16)12-5-6-15(9)11(17)8-3-4-13-14-7-8/h3-4,7,9H,2,5-6H2,1H3,(H,12,16). The van der Waals surface area contributed by atoms with E-state index in [0.717, 1.165) is 0 Å². The van der Waals surface area contributed by atoms with Gasteiger partial charge in [-0.15, -0.1) is 0 Å². The van der Waals surface area contributed by atoms with E-state index < -0.39 is 0 Å². The zero-order valence-corrected chi connectivity index (χ0v) is 9.59. The van der Waals surface area contributed by atoms with Gasteiger partial charge in [-0.1, -0.05) is 6.92 Å². The number of rotatable bonds is 2. The van der Waals surface area contributed by atoms with E-state index in [1.54, 1.807) is 11.0 Å². The first-order valence-electron chi connectivity index (χ1n) is 5.59. The zero-order chi connectivity index (χ0) is 12.3. The maximum Gasteiger partial charge on any atom is 0.256 e. The van der Waals surface area contributed by atoms with Gasteiger partial charge in [0.25, 0.3) is 5.91 Å². The lowest BCUT2D eigenvalue weighted by atomic mass is 10.1. The molecule has 1 unspecified atom stereocenters. The fourth-order valence-electron chi connectivity index (χ4n) is 1.95. The van der Waals surface area contributed by atoms with Crippen LogP contribution in [0.1, 0.15) is 23.7 Å². The SMILES string of the molecule is CCC1C(=O)NCCN1C(=O)c1ccnnc1. The predicted octanol–water partition coefficient (Wildman–Crippen LogP) is -0.173. The summed E-state index contributed by atoms with van der Waals surface area (Å²) in [7, 11) is 0. The lowest BCUT2D eigenvalue weighted by Gasteiger charge is -2.34. The van der Waals surface area contributed by atoms with Gasteiger partial charge in [-0.3, -0.25) is 9.59 Å². The van der Waals surface area contributed by atoms with Crippen molar-refractivity contribution in [1.82, 2.24) is 20.4 Å². The summed E-state index contributed by atoms with van der Waals surface area (Å²) in [4.78, 5) is 25.4. The Labute approximate surface area is 99.0 Å².